The van der Waals surface area contributed by atoms with Gasteiger partial charge in [0.15, 0.2) is 0 Å². The van der Waals surface area contributed by atoms with Crippen LogP contribution < -0.4 is 5.32 Å². The van der Waals surface area contributed by atoms with Crippen LogP contribution in [-0.2, 0) is 0 Å². The Labute approximate surface area is 111 Å². The number of nitro benzene ring substituents is 1. The summed E-state index contributed by atoms with van der Waals surface area (Å²) in [5, 5.41) is 14.2. The van der Waals surface area contributed by atoms with Gasteiger partial charge in [0.2, 0.25) is 0 Å². The minimum absolute atomic E-state index is 0.0411. The molecule has 0 saturated carbocycles. The first-order valence-corrected chi connectivity index (χ1v) is 6.45. The molecule has 1 aliphatic heterocycles. The summed E-state index contributed by atoms with van der Waals surface area (Å²) in [5.74, 6) is 0. The van der Waals surface area contributed by atoms with Gasteiger partial charge in [0.25, 0.3) is 0 Å². The number of rotatable bonds is 5. The third-order valence-electron chi connectivity index (χ3n) is 3.11. The second kappa shape index (κ2) is 6.02. The molecule has 1 aliphatic rings. The Hall–Kier alpha value is -1.33. The van der Waals surface area contributed by atoms with Crippen molar-refractivity contribution in [3.05, 3.63) is 33.3 Å². The molecule has 0 radical (unpaired) electrons. The van der Waals surface area contributed by atoms with Gasteiger partial charge in [0.05, 0.1) is 4.92 Å². The van der Waals surface area contributed by atoms with Crippen molar-refractivity contribution < 1.29 is 4.92 Å². The van der Waals surface area contributed by atoms with Crippen LogP contribution in [0.5, 0.6) is 0 Å². The summed E-state index contributed by atoms with van der Waals surface area (Å²) in [6.07, 6.45) is 2.49. The highest BCUT2D eigenvalue weighted by molar-refractivity contribution is 6.33. The van der Waals surface area contributed by atoms with Crippen molar-refractivity contribution in [3.63, 3.8) is 0 Å². The van der Waals surface area contributed by atoms with Crippen LogP contribution in [0.2, 0.25) is 5.02 Å². The van der Waals surface area contributed by atoms with Crippen LogP contribution in [0.3, 0.4) is 0 Å². The predicted molar refractivity (Wildman–Crippen MR) is 72.3 cm³/mol. The monoisotopic (exact) mass is 269 g/mol. The summed E-state index contributed by atoms with van der Waals surface area (Å²) < 4.78 is 0. The van der Waals surface area contributed by atoms with E-state index in [-0.39, 0.29) is 10.7 Å². The maximum absolute atomic E-state index is 10.9. The fourth-order valence-electron chi connectivity index (χ4n) is 2.20. The second-order valence-corrected chi connectivity index (χ2v) is 4.78. The SMILES string of the molecule is O=[N+]([O-])c1c(Cl)cccc1NCCN1CCCC1. The van der Waals surface area contributed by atoms with E-state index in [2.05, 4.69) is 10.2 Å². The van der Waals surface area contributed by atoms with Crippen molar-refractivity contribution in [1.29, 1.82) is 0 Å². The molecule has 1 aromatic carbocycles. The van der Waals surface area contributed by atoms with Gasteiger partial charge < -0.3 is 10.2 Å². The Kier molecular flexibility index (Phi) is 4.38. The standard InChI is InChI=1S/C12H16ClN3O2/c13-10-4-3-5-11(12(10)16(17)18)14-6-9-15-7-1-2-8-15/h3-5,14H,1-2,6-9H2. The van der Waals surface area contributed by atoms with Crippen LogP contribution in [0, 0.1) is 10.1 Å². The molecule has 2 rings (SSSR count). The van der Waals surface area contributed by atoms with Crippen LogP contribution in [0.25, 0.3) is 0 Å². The molecular formula is C12H16ClN3O2. The summed E-state index contributed by atoms with van der Waals surface area (Å²) in [6.45, 7) is 3.85. The van der Waals surface area contributed by atoms with E-state index in [0.717, 1.165) is 19.6 Å². The Balaban J connectivity index is 1.96. The number of halogens is 1. The van der Waals surface area contributed by atoms with E-state index in [9.17, 15) is 10.1 Å². The first-order chi connectivity index (χ1) is 8.68. The fraction of sp³-hybridized carbons (Fsp3) is 0.500. The normalized spacial score (nSPS) is 15.8. The van der Waals surface area contributed by atoms with Crippen LogP contribution in [0.4, 0.5) is 11.4 Å². The van der Waals surface area contributed by atoms with Crippen LogP contribution in [0.15, 0.2) is 18.2 Å². The highest BCUT2D eigenvalue weighted by atomic mass is 35.5. The lowest BCUT2D eigenvalue weighted by atomic mass is 10.2. The zero-order valence-corrected chi connectivity index (χ0v) is 10.8. The number of hydrogen-bond donors (Lipinski definition) is 1. The molecule has 1 heterocycles. The summed E-state index contributed by atoms with van der Waals surface area (Å²) >= 11 is 5.84. The maximum Gasteiger partial charge on any atom is 0.310 e. The van der Waals surface area contributed by atoms with Gasteiger partial charge in [0.1, 0.15) is 10.7 Å². The molecule has 1 saturated heterocycles. The third kappa shape index (κ3) is 3.11. The predicted octanol–water partition coefficient (Wildman–Crippen LogP) is 2.76. The number of hydrogen-bond acceptors (Lipinski definition) is 4. The molecule has 0 bridgehead atoms. The molecule has 0 aromatic heterocycles. The van der Waals surface area contributed by atoms with Crippen molar-refractivity contribution in [3.8, 4) is 0 Å². The Morgan fingerprint density at radius 3 is 2.78 bits per heavy atom. The Morgan fingerprint density at radius 1 is 1.39 bits per heavy atom. The third-order valence-corrected chi connectivity index (χ3v) is 3.42. The number of para-hydroxylation sites is 1. The zero-order valence-electron chi connectivity index (χ0n) is 10.1. The van der Waals surface area contributed by atoms with Gasteiger partial charge in [-0.05, 0) is 38.1 Å². The molecule has 18 heavy (non-hydrogen) atoms. The van der Waals surface area contributed by atoms with Crippen LogP contribution in [0.1, 0.15) is 12.8 Å². The molecule has 98 valence electrons. The number of benzene rings is 1. The zero-order chi connectivity index (χ0) is 13.0. The molecule has 5 nitrogen and oxygen atoms in total. The average Bonchev–Trinajstić information content (AvgIpc) is 2.81. The fourth-order valence-corrected chi connectivity index (χ4v) is 2.44. The van der Waals surface area contributed by atoms with Crippen molar-refractivity contribution in [2.24, 2.45) is 0 Å². The largest absolute Gasteiger partial charge is 0.378 e. The molecule has 1 fully saturated rings. The minimum Gasteiger partial charge on any atom is -0.378 e. The number of nitrogens with zero attached hydrogens (tertiary/aromatic N) is 2. The highest BCUT2D eigenvalue weighted by Crippen LogP contribution is 2.31. The lowest BCUT2D eigenvalue weighted by Gasteiger charge is -2.15. The van der Waals surface area contributed by atoms with Gasteiger partial charge >= 0.3 is 5.69 Å². The smallest absolute Gasteiger partial charge is 0.310 e. The van der Waals surface area contributed by atoms with Crippen molar-refractivity contribution >= 4 is 23.0 Å². The van der Waals surface area contributed by atoms with E-state index >= 15 is 0 Å². The summed E-state index contributed by atoms with van der Waals surface area (Å²) in [5.41, 5.74) is 0.451. The lowest BCUT2D eigenvalue weighted by molar-refractivity contribution is -0.383. The van der Waals surface area contributed by atoms with Gasteiger partial charge in [0, 0.05) is 13.1 Å². The number of anilines is 1. The summed E-state index contributed by atoms with van der Waals surface area (Å²) in [7, 11) is 0. The van der Waals surface area contributed by atoms with Crippen molar-refractivity contribution in [1.82, 2.24) is 4.90 Å². The van der Waals surface area contributed by atoms with E-state index < -0.39 is 4.92 Å². The molecule has 1 N–H and O–H groups in total. The Morgan fingerprint density at radius 2 is 2.11 bits per heavy atom. The molecule has 0 aliphatic carbocycles. The van der Waals surface area contributed by atoms with E-state index in [4.69, 9.17) is 11.6 Å². The maximum atomic E-state index is 10.9. The molecule has 1 aromatic rings. The molecule has 0 amide bonds. The Bertz CT molecular complexity index is 433. The second-order valence-electron chi connectivity index (χ2n) is 4.37. The molecule has 0 spiro atoms. The first-order valence-electron chi connectivity index (χ1n) is 6.07. The molecule has 0 atom stereocenters. The summed E-state index contributed by atoms with van der Waals surface area (Å²) in [4.78, 5) is 12.8. The van der Waals surface area contributed by atoms with Crippen molar-refractivity contribution in [2.45, 2.75) is 12.8 Å². The van der Waals surface area contributed by atoms with Crippen LogP contribution in [-0.4, -0.2) is 36.0 Å². The summed E-state index contributed by atoms with van der Waals surface area (Å²) in [6, 6.07) is 4.94. The number of nitro groups is 1. The van der Waals surface area contributed by atoms with Crippen molar-refractivity contribution in [2.75, 3.05) is 31.5 Å². The number of nitrogens with one attached hydrogen (secondary N) is 1. The molecule has 6 heteroatoms. The first kappa shape index (κ1) is 13.1. The lowest BCUT2D eigenvalue weighted by Crippen LogP contribution is -2.26. The van der Waals surface area contributed by atoms with Gasteiger partial charge in [-0.25, -0.2) is 0 Å². The topological polar surface area (TPSA) is 58.4 Å². The van der Waals surface area contributed by atoms with Gasteiger partial charge in [-0.15, -0.1) is 0 Å². The quantitative estimate of drug-likeness (QED) is 0.660. The molecular weight excluding hydrogens is 254 g/mol. The minimum atomic E-state index is -0.444. The van der Waals surface area contributed by atoms with E-state index in [1.165, 1.54) is 18.9 Å². The van der Waals surface area contributed by atoms with Crippen LogP contribution >= 0.6 is 11.6 Å². The van der Waals surface area contributed by atoms with Gasteiger partial charge in [-0.3, -0.25) is 10.1 Å². The number of likely N-dealkylation sites (tertiary alicyclic amines) is 1. The highest BCUT2D eigenvalue weighted by Gasteiger charge is 2.18. The van der Waals surface area contributed by atoms with Gasteiger partial charge in [-0.1, -0.05) is 17.7 Å². The van der Waals surface area contributed by atoms with E-state index in [1.807, 2.05) is 0 Å². The van der Waals surface area contributed by atoms with E-state index in [0.29, 0.717) is 12.2 Å². The van der Waals surface area contributed by atoms with Gasteiger partial charge in [-0.2, -0.15) is 0 Å². The molecule has 0 unspecified atom stereocenters. The van der Waals surface area contributed by atoms with E-state index in [1.54, 1.807) is 12.1 Å². The average molecular weight is 270 g/mol.